The zero-order chi connectivity index (χ0) is 17.2. The van der Waals surface area contributed by atoms with Crippen LogP contribution in [0.2, 0.25) is 0 Å². The lowest BCUT2D eigenvalue weighted by Gasteiger charge is -2.29. The normalized spacial score (nSPS) is 14.3. The van der Waals surface area contributed by atoms with Gasteiger partial charge in [-0.25, -0.2) is 13.1 Å². The molecule has 3 rings (SSSR count). The second-order valence-electron chi connectivity index (χ2n) is 5.87. The topological polar surface area (TPSA) is 66.5 Å². The van der Waals surface area contributed by atoms with Crippen LogP contribution in [-0.4, -0.2) is 32.8 Å². The van der Waals surface area contributed by atoms with Gasteiger partial charge in [0.05, 0.1) is 11.3 Å². The van der Waals surface area contributed by atoms with Crippen molar-refractivity contribution >= 4 is 15.9 Å². The SMILES string of the molecule is CNS(=O)(=O)c1ccc2c(c1)CN(C(=O)Cc1ccccc1)CC2. The summed E-state index contributed by atoms with van der Waals surface area (Å²) >= 11 is 0. The molecular weight excluding hydrogens is 324 g/mol. The van der Waals surface area contributed by atoms with E-state index < -0.39 is 10.0 Å². The Kier molecular flexibility index (Phi) is 4.69. The first-order valence-corrected chi connectivity index (χ1v) is 9.35. The van der Waals surface area contributed by atoms with E-state index in [2.05, 4.69) is 4.72 Å². The molecule has 0 saturated heterocycles. The molecule has 0 unspecified atom stereocenters. The summed E-state index contributed by atoms with van der Waals surface area (Å²) in [7, 11) is -2.08. The summed E-state index contributed by atoms with van der Waals surface area (Å²) in [5.74, 6) is 0.0636. The van der Waals surface area contributed by atoms with Crippen LogP contribution in [0.15, 0.2) is 53.4 Å². The molecule has 126 valence electrons. The molecule has 5 nitrogen and oxygen atoms in total. The van der Waals surface area contributed by atoms with Crippen molar-refractivity contribution < 1.29 is 13.2 Å². The minimum absolute atomic E-state index is 0.0636. The van der Waals surface area contributed by atoms with Gasteiger partial charge in [0.1, 0.15) is 0 Å². The van der Waals surface area contributed by atoms with Gasteiger partial charge in [0.15, 0.2) is 0 Å². The van der Waals surface area contributed by atoms with Crippen LogP contribution >= 0.6 is 0 Å². The van der Waals surface area contributed by atoms with Gasteiger partial charge >= 0.3 is 0 Å². The summed E-state index contributed by atoms with van der Waals surface area (Å²) in [4.78, 5) is 14.5. The largest absolute Gasteiger partial charge is 0.338 e. The van der Waals surface area contributed by atoms with Crippen LogP contribution in [0, 0.1) is 0 Å². The maximum absolute atomic E-state index is 12.5. The molecule has 0 aliphatic carbocycles. The molecule has 0 radical (unpaired) electrons. The van der Waals surface area contributed by atoms with Gasteiger partial charge in [-0.1, -0.05) is 36.4 Å². The smallest absolute Gasteiger partial charge is 0.240 e. The number of amides is 1. The van der Waals surface area contributed by atoms with Gasteiger partial charge in [-0.15, -0.1) is 0 Å². The highest BCUT2D eigenvalue weighted by atomic mass is 32.2. The predicted octanol–water partition coefficient (Wildman–Crippen LogP) is 1.72. The first kappa shape index (κ1) is 16.7. The molecule has 1 aliphatic heterocycles. The molecular formula is C18H20N2O3S. The summed E-state index contributed by atoms with van der Waals surface area (Å²) < 4.78 is 26.2. The first-order valence-electron chi connectivity index (χ1n) is 7.86. The molecule has 0 atom stereocenters. The number of sulfonamides is 1. The molecule has 1 N–H and O–H groups in total. The summed E-state index contributed by atoms with van der Waals surface area (Å²) in [6.07, 6.45) is 1.11. The van der Waals surface area contributed by atoms with Gasteiger partial charge < -0.3 is 4.90 Å². The van der Waals surface area contributed by atoms with E-state index in [-0.39, 0.29) is 10.8 Å². The van der Waals surface area contributed by atoms with Crippen LogP contribution in [0.25, 0.3) is 0 Å². The van der Waals surface area contributed by atoms with Crippen molar-refractivity contribution in [1.29, 1.82) is 0 Å². The molecule has 24 heavy (non-hydrogen) atoms. The Balaban J connectivity index is 1.78. The van der Waals surface area contributed by atoms with Crippen molar-refractivity contribution in [3.63, 3.8) is 0 Å². The molecule has 0 bridgehead atoms. The van der Waals surface area contributed by atoms with Crippen molar-refractivity contribution in [2.45, 2.75) is 24.3 Å². The minimum Gasteiger partial charge on any atom is -0.338 e. The van der Waals surface area contributed by atoms with Crippen LogP contribution in [0.3, 0.4) is 0 Å². The zero-order valence-electron chi connectivity index (χ0n) is 13.5. The molecule has 6 heteroatoms. The van der Waals surface area contributed by atoms with E-state index in [9.17, 15) is 13.2 Å². The molecule has 1 aliphatic rings. The van der Waals surface area contributed by atoms with Crippen molar-refractivity contribution in [2.75, 3.05) is 13.6 Å². The second-order valence-corrected chi connectivity index (χ2v) is 7.75. The Labute approximate surface area is 142 Å². The average molecular weight is 344 g/mol. The summed E-state index contributed by atoms with van der Waals surface area (Å²) in [6, 6.07) is 14.8. The van der Waals surface area contributed by atoms with Gasteiger partial charge in [0.25, 0.3) is 0 Å². The van der Waals surface area contributed by atoms with E-state index in [1.807, 2.05) is 36.4 Å². The first-order chi connectivity index (χ1) is 11.5. The van der Waals surface area contributed by atoms with Gasteiger partial charge in [-0.2, -0.15) is 0 Å². The van der Waals surface area contributed by atoms with Crippen molar-refractivity contribution in [1.82, 2.24) is 9.62 Å². The highest BCUT2D eigenvalue weighted by Gasteiger charge is 2.22. The zero-order valence-corrected chi connectivity index (χ0v) is 14.3. The fourth-order valence-electron chi connectivity index (χ4n) is 2.91. The number of nitrogens with one attached hydrogen (secondary N) is 1. The van der Waals surface area contributed by atoms with Crippen molar-refractivity contribution in [3.05, 3.63) is 65.2 Å². The Morgan fingerprint density at radius 1 is 1.12 bits per heavy atom. The Bertz CT molecular complexity index is 848. The van der Waals surface area contributed by atoms with Crippen molar-refractivity contribution in [2.24, 2.45) is 0 Å². The average Bonchev–Trinajstić information content (AvgIpc) is 2.61. The molecule has 0 saturated carbocycles. The van der Waals surface area contributed by atoms with Crippen LogP contribution in [0.4, 0.5) is 0 Å². The van der Waals surface area contributed by atoms with E-state index in [0.29, 0.717) is 19.5 Å². The van der Waals surface area contributed by atoms with E-state index >= 15 is 0 Å². The molecule has 0 spiro atoms. The number of nitrogens with zero attached hydrogens (tertiary/aromatic N) is 1. The van der Waals surface area contributed by atoms with Crippen LogP contribution in [0.1, 0.15) is 16.7 Å². The maximum atomic E-state index is 12.5. The second kappa shape index (κ2) is 6.75. The van der Waals surface area contributed by atoms with E-state index in [0.717, 1.165) is 23.1 Å². The monoisotopic (exact) mass is 344 g/mol. The lowest BCUT2D eigenvalue weighted by molar-refractivity contribution is -0.131. The van der Waals surface area contributed by atoms with Crippen LogP contribution < -0.4 is 4.72 Å². The molecule has 0 aromatic heterocycles. The number of carbonyl (C=O) groups is 1. The van der Waals surface area contributed by atoms with E-state index in [1.54, 1.807) is 17.0 Å². The highest BCUT2D eigenvalue weighted by molar-refractivity contribution is 7.89. The molecule has 0 fully saturated rings. The standard InChI is InChI=1S/C18H20N2O3S/c1-19-24(22,23)17-8-7-15-9-10-20(13-16(15)12-17)18(21)11-14-5-3-2-4-6-14/h2-8,12,19H,9-11,13H2,1H3. The maximum Gasteiger partial charge on any atom is 0.240 e. The predicted molar refractivity (Wildman–Crippen MR) is 92.0 cm³/mol. The number of fused-ring (bicyclic) bond motifs is 1. The van der Waals surface area contributed by atoms with Crippen molar-refractivity contribution in [3.8, 4) is 0 Å². The lowest BCUT2D eigenvalue weighted by atomic mass is 9.99. The fourth-order valence-corrected chi connectivity index (χ4v) is 3.69. The lowest BCUT2D eigenvalue weighted by Crippen LogP contribution is -2.37. The van der Waals surface area contributed by atoms with Gasteiger partial charge in [-0.05, 0) is 42.3 Å². The third-order valence-electron chi connectivity index (χ3n) is 4.32. The number of carbonyl (C=O) groups excluding carboxylic acids is 1. The highest BCUT2D eigenvalue weighted by Crippen LogP contribution is 2.23. The van der Waals surface area contributed by atoms with Crippen LogP contribution in [0.5, 0.6) is 0 Å². The van der Waals surface area contributed by atoms with Gasteiger partial charge in [-0.3, -0.25) is 4.79 Å². The third kappa shape index (κ3) is 3.49. The number of benzene rings is 2. The Morgan fingerprint density at radius 3 is 2.58 bits per heavy atom. The summed E-state index contributed by atoms with van der Waals surface area (Å²) in [6.45, 7) is 1.12. The molecule has 1 amide bonds. The van der Waals surface area contributed by atoms with Crippen LogP contribution in [-0.2, 0) is 34.2 Å². The Morgan fingerprint density at radius 2 is 1.88 bits per heavy atom. The summed E-state index contributed by atoms with van der Waals surface area (Å²) in [5, 5.41) is 0. The molecule has 2 aromatic rings. The number of hydrogen-bond donors (Lipinski definition) is 1. The Hall–Kier alpha value is -2.18. The minimum atomic E-state index is -3.47. The van der Waals surface area contributed by atoms with E-state index in [4.69, 9.17) is 0 Å². The number of rotatable bonds is 4. The fraction of sp³-hybridized carbons (Fsp3) is 0.278. The van der Waals surface area contributed by atoms with Gasteiger partial charge in [0, 0.05) is 13.1 Å². The quantitative estimate of drug-likeness (QED) is 0.918. The third-order valence-corrected chi connectivity index (χ3v) is 5.73. The van der Waals surface area contributed by atoms with E-state index in [1.165, 1.54) is 7.05 Å². The molecule has 1 heterocycles. The number of hydrogen-bond acceptors (Lipinski definition) is 3. The molecule has 2 aromatic carbocycles. The summed E-state index contributed by atoms with van der Waals surface area (Å²) in [5.41, 5.74) is 2.99. The van der Waals surface area contributed by atoms with Gasteiger partial charge in [0.2, 0.25) is 15.9 Å².